The molecule has 0 fully saturated rings. The molecular formula is C8H12N2O2. The molecule has 0 amide bonds. The summed E-state index contributed by atoms with van der Waals surface area (Å²) in [6.07, 6.45) is 0.867. The lowest BCUT2D eigenvalue weighted by atomic mass is 10.1. The molecular weight excluding hydrogens is 156 g/mol. The molecule has 0 saturated heterocycles. The van der Waals surface area contributed by atoms with Crippen molar-refractivity contribution in [3.63, 3.8) is 0 Å². The standard InChI is InChI=1S/C8H12N2O2/c1-5(11)8(9)6-2-3-10-7(12)4-6/h2-5,8,11H,9H2,1H3,(H,10,12). The Hall–Kier alpha value is -1.13. The molecule has 66 valence electrons. The van der Waals surface area contributed by atoms with Gasteiger partial charge in [-0.3, -0.25) is 4.79 Å². The van der Waals surface area contributed by atoms with Crippen LogP contribution in [0.3, 0.4) is 0 Å². The minimum atomic E-state index is -0.646. The number of aromatic nitrogens is 1. The summed E-state index contributed by atoms with van der Waals surface area (Å²) in [7, 11) is 0. The third kappa shape index (κ3) is 1.93. The molecule has 0 aliphatic carbocycles. The van der Waals surface area contributed by atoms with Crippen molar-refractivity contribution < 1.29 is 5.11 Å². The minimum Gasteiger partial charge on any atom is -0.391 e. The molecule has 0 spiro atoms. The largest absolute Gasteiger partial charge is 0.391 e. The molecule has 0 aliphatic rings. The average molecular weight is 168 g/mol. The van der Waals surface area contributed by atoms with Gasteiger partial charge < -0.3 is 15.8 Å². The molecule has 4 nitrogen and oxygen atoms in total. The van der Waals surface area contributed by atoms with E-state index < -0.39 is 12.1 Å². The summed E-state index contributed by atoms with van der Waals surface area (Å²) in [5.74, 6) is 0. The highest BCUT2D eigenvalue weighted by Gasteiger charge is 2.11. The third-order valence-corrected chi connectivity index (χ3v) is 1.70. The van der Waals surface area contributed by atoms with Gasteiger partial charge in [-0.15, -0.1) is 0 Å². The Balaban J connectivity index is 2.95. The molecule has 1 aromatic rings. The number of hydrogen-bond acceptors (Lipinski definition) is 3. The maximum atomic E-state index is 10.8. The number of rotatable bonds is 2. The van der Waals surface area contributed by atoms with Crippen molar-refractivity contribution in [1.29, 1.82) is 0 Å². The van der Waals surface area contributed by atoms with Crippen molar-refractivity contribution in [2.75, 3.05) is 0 Å². The van der Waals surface area contributed by atoms with Crippen molar-refractivity contribution in [1.82, 2.24) is 4.98 Å². The molecule has 0 aromatic carbocycles. The van der Waals surface area contributed by atoms with Crippen molar-refractivity contribution in [2.45, 2.75) is 19.1 Å². The van der Waals surface area contributed by atoms with E-state index in [0.717, 1.165) is 0 Å². The quantitative estimate of drug-likeness (QED) is 0.570. The molecule has 0 bridgehead atoms. The van der Waals surface area contributed by atoms with Crippen molar-refractivity contribution >= 4 is 0 Å². The molecule has 2 atom stereocenters. The lowest BCUT2D eigenvalue weighted by Crippen LogP contribution is -2.24. The van der Waals surface area contributed by atoms with Crippen LogP contribution in [-0.2, 0) is 0 Å². The second kappa shape index (κ2) is 3.51. The van der Waals surface area contributed by atoms with Gasteiger partial charge in [0.2, 0.25) is 5.56 Å². The SMILES string of the molecule is CC(O)C(N)c1cc[nH]c(=O)c1. The zero-order chi connectivity index (χ0) is 9.14. The molecule has 0 radical (unpaired) electrons. The fraction of sp³-hybridized carbons (Fsp3) is 0.375. The number of aliphatic hydroxyl groups excluding tert-OH is 1. The van der Waals surface area contributed by atoms with Crippen molar-refractivity contribution in [3.05, 3.63) is 34.2 Å². The van der Waals surface area contributed by atoms with E-state index in [0.29, 0.717) is 5.56 Å². The monoisotopic (exact) mass is 168 g/mol. The van der Waals surface area contributed by atoms with E-state index >= 15 is 0 Å². The minimum absolute atomic E-state index is 0.205. The molecule has 2 unspecified atom stereocenters. The van der Waals surface area contributed by atoms with E-state index in [9.17, 15) is 4.79 Å². The maximum absolute atomic E-state index is 10.8. The molecule has 1 heterocycles. The summed E-state index contributed by atoms with van der Waals surface area (Å²) in [5, 5.41) is 9.13. The number of nitrogens with two attached hydrogens (primary N) is 1. The zero-order valence-corrected chi connectivity index (χ0v) is 6.82. The van der Waals surface area contributed by atoms with Crippen LogP contribution in [0.25, 0.3) is 0 Å². The fourth-order valence-electron chi connectivity index (χ4n) is 0.947. The van der Waals surface area contributed by atoms with Crippen LogP contribution in [0.5, 0.6) is 0 Å². The Bertz CT molecular complexity index is 306. The smallest absolute Gasteiger partial charge is 0.248 e. The van der Waals surface area contributed by atoms with Crippen LogP contribution in [0.1, 0.15) is 18.5 Å². The molecule has 4 heteroatoms. The lowest BCUT2D eigenvalue weighted by Gasteiger charge is -2.13. The van der Waals surface area contributed by atoms with Gasteiger partial charge in [0, 0.05) is 12.3 Å². The van der Waals surface area contributed by atoms with Gasteiger partial charge >= 0.3 is 0 Å². The first kappa shape index (κ1) is 8.96. The van der Waals surface area contributed by atoms with Crippen LogP contribution < -0.4 is 11.3 Å². The van der Waals surface area contributed by atoms with Gasteiger partial charge in [0.25, 0.3) is 0 Å². The van der Waals surface area contributed by atoms with Crippen LogP contribution in [-0.4, -0.2) is 16.2 Å². The van der Waals surface area contributed by atoms with E-state index in [1.165, 1.54) is 12.3 Å². The first-order chi connectivity index (χ1) is 5.61. The summed E-state index contributed by atoms with van der Waals surface area (Å²) in [6, 6.07) is 2.57. The normalized spacial score (nSPS) is 15.6. The van der Waals surface area contributed by atoms with Crippen LogP contribution in [0.2, 0.25) is 0 Å². The number of nitrogens with one attached hydrogen (secondary N) is 1. The second-order valence-corrected chi connectivity index (χ2v) is 2.75. The summed E-state index contributed by atoms with van der Waals surface area (Å²) in [5.41, 5.74) is 6.05. The maximum Gasteiger partial charge on any atom is 0.248 e. The van der Waals surface area contributed by atoms with Gasteiger partial charge in [0.15, 0.2) is 0 Å². The molecule has 1 rings (SSSR count). The molecule has 1 aromatic heterocycles. The van der Waals surface area contributed by atoms with Gasteiger partial charge in [-0.1, -0.05) is 0 Å². The van der Waals surface area contributed by atoms with Gasteiger partial charge in [-0.25, -0.2) is 0 Å². The Labute approximate surface area is 70.0 Å². The summed E-state index contributed by atoms with van der Waals surface area (Å²) >= 11 is 0. The van der Waals surface area contributed by atoms with E-state index in [4.69, 9.17) is 10.8 Å². The first-order valence-corrected chi connectivity index (χ1v) is 3.73. The van der Waals surface area contributed by atoms with E-state index in [1.54, 1.807) is 13.0 Å². The molecule has 4 N–H and O–H groups in total. The van der Waals surface area contributed by atoms with E-state index in [1.807, 2.05) is 0 Å². The molecule has 0 aliphatic heterocycles. The summed E-state index contributed by atoms with van der Waals surface area (Å²) < 4.78 is 0. The van der Waals surface area contributed by atoms with Gasteiger partial charge in [-0.2, -0.15) is 0 Å². The van der Waals surface area contributed by atoms with Crippen LogP contribution >= 0.6 is 0 Å². The number of hydrogen-bond donors (Lipinski definition) is 3. The lowest BCUT2D eigenvalue weighted by molar-refractivity contribution is 0.164. The Morgan fingerprint density at radius 2 is 2.33 bits per heavy atom. The predicted molar refractivity (Wildman–Crippen MR) is 45.7 cm³/mol. The number of pyridine rings is 1. The topological polar surface area (TPSA) is 79.1 Å². The predicted octanol–water partition coefficient (Wildman–Crippen LogP) is -0.245. The van der Waals surface area contributed by atoms with Gasteiger partial charge in [0.1, 0.15) is 0 Å². The number of aromatic amines is 1. The Kier molecular flexibility index (Phi) is 2.62. The highest BCUT2D eigenvalue weighted by atomic mass is 16.3. The van der Waals surface area contributed by atoms with E-state index in [-0.39, 0.29) is 5.56 Å². The van der Waals surface area contributed by atoms with Crippen molar-refractivity contribution in [2.24, 2.45) is 5.73 Å². The molecule has 0 saturated carbocycles. The number of aliphatic hydroxyl groups is 1. The van der Waals surface area contributed by atoms with Gasteiger partial charge in [-0.05, 0) is 18.6 Å². The zero-order valence-electron chi connectivity index (χ0n) is 6.82. The highest BCUT2D eigenvalue weighted by molar-refractivity contribution is 5.15. The van der Waals surface area contributed by atoms with Crippen LogP contribution in [0.15, 0.2) is 23.1 Å². The van der Waals surface area contributed by atoms with Gasteiger partial charge in [0.05, 0.1) is 12.1 Å². The Morgan fingerprint density at radius 3 is 2.83 bits per heavy atom. The third-order valence-electron chi connectivity index (χ3n) is 1.70. The van der Waals surface area contributed by atoms with Crippen LogP contribution in [0.4, 0.5) is 0 Å². The number of H-pyrrole nitrogens is 1. The summed E-state index contributed by atoms with van der Waals surface area (Å²) in [6.45, 7) is 1.59. The molecule has 12 heavy (non-hydrogen) atoms. The fourth-order valence-corrected chi connectivity index (χ4v) is 0.947. The summed E-state index contributed by atoms with van der Waals surface area (Å²) in [4.78, 5) is 13.3. The Morgan fingerprint density at radius 1 is 1.67 bits per heavy atom. The van der Waals surface area contributed by atoms with E-state index in [2.05, 4.69) is 4.98 Å². The highest BCUT2D eigenvalue weighted by Crippen LogP contribution is 2.10. The first-order valence-electron chi connectivity index (χ1n) is 3.73. The second-order valence-electron chi connectivity index (χ2n) is 2.75. The van der Waals surface area contributed by atoms with Crippen molar-refractivity contribution in [3.8, 4) is 0 Å². The van der Waals surface area contributed by atoms with Crippen LogP contribution in [0, 0.1) is 0 Å². The average Bonchev–Trinajstić information content (AvgIpc) is 2.03.